The van der Waals surface area contributed by atoms with Crippen LogP contribution < -0.4 is 10.6 Å². The number of hydrogen-bond acceptors (Lipinski definition) is 2. The Balaban J connectivity index is 2.36. The molecule has 1 amide bonds. The molecule has 100 valence electrons. The maximum atomic E-state index is 11.6. The summed E-state index contributed by atoms with van der Waals surface area (Å²) in [5, 5.41) is 6.03. The van der Waals surface area contributed by atoms with E-state index in [1.54, 1.807) is 0 Å². The molecule has 0 aromatic heterocycles. The van der Waals surface area contributed by atoms with Gasteiger partial charge in [-0.15, -0.1) is 0 Å². The van der Waals surface area contributed by atoms with Crippen LogP contribution in [0.15, 0.2) is 22.7 Å². The summed E-state index contributed by atoms with van der Waals surface area (Å²) in [5.41, 5.74) is 2.11. The van der Waals surface area contributed by atoms with Gasteiger partial charge < -0.3 is 10.6 Å². The van der Waals surface area contributed by atoms with E-state index in [2.05, 4.69) is 40.4 Å². The van der Waals surface area contributed by atoms with Crippen LogP contribution in [0.5, 0.6) is 0 Å². The fourth-order valence-electron chi connectivity index (χ4n) is 1.52. The third kappa shape index (κ3) is 5.08. The molecule has 0 saturated heterocycles. The van der Waals surface area contributed by atoms with Crippen LogP contribution in [0.4, 0.5) is 5.69 Å². The first kappa shape index (κ1) is 15.0. The number of anilines is 1. The number of aryl methyl sites for hydroxylation is 1. The highest BCUT2D eigenvalue weighted by molar-refractivity contribution is 9.10. The molecule has 0 aliphatic heterocycles. The van der Waals surface area contributed by atoms with Crippen LogP contribution in [0.25, 0.3) is 0 Å². The van der Waals surface area contributed by atoms with Crippen molar-refractivity contribution in [3.05, 3.63) is 28.2 Å². The molecule has 0 heterocycles. The fraction of sp³-hybridized carbons (Fsp3) is 0.500. The third-order valence-electron chi connectivity index (χ3n) is 2.68. The van der Waals surface area contributed by atoms with Crippen molar-refractivity contribution < 1.29 is 4.79 Å². The van der Waals surface area contributed by atoms with E-state index in [4.69, 9.17) is 0 Å². The highest BCUT2D eigenvalue weighted by Gasteiger charge is 2.05. The van der Waals surface area contributed by atoms with Crippen LogP contribution in [0, 0.1) is 12.8 Å². The lowest BCUT2D eigenvalue weighted by Gasteiger charge is -2.11. The molecule has 0 aliphatic rings. The molecule has 2 N–H and O–H groups in total. The predicted molar refractivity (Wildman–Crippen MR) is 79.8 cm³/mol. The second-order valence-corrected chi connectivity index (χ2v) is 5.62. The maximum Gasteiger partial charge on any atom is 0.239 e. The summed E-state index contributed by atoms with van der Waals surface area (Å²) >= 11 is 3.51. The van der Waals surface area contributed by atoms with Crippen molar-refractivity contribution in [1.29, 1.82) is 0 Å². The Morgan fingerprint density at radius 2 is 2.11 bits per heavy atom. The molecule has 1 aromatic rings. The molecule has 0 radical (unpaired) electrons. The van der Waals surface area contributed by atoms with E-state index < -0.39 is 0 Å². The molecule has 4 heteroatoms. The van der Waals surface area contributed by atoms with Crippen LogP contribution in [0.2, 0.25) is 0 Å². The van der Waals surface area contributed by atoms with Gasteiger partial charge in [-0.05, 0) is 46.8 Å². The van der Waals surface area contributed by atoms with Gasteiger partial charge in [0.15, 0.2) is 0 Å². The monoisotopic (exact) mass is 312 g/mol. The van der Waals surface area contributed by atoms with Crippen molar-refractivity contribution in [2.24, 2.45) is 5.92 Å². The minimum absolute atomic E-state index is 0.0315. The Bertz CT molecular complexity index is 405. The van der Waals surface area contributed by atoms with Crippen LogP contribution in [0.3, 0.4) is 0 Å². The first-order valence-electron chi connectivity index (χ1n) is 6.26. The van der Waals surface area contributed by atoms with Crippen LogP contribution in [-0.4, -0.2) is 19.0 Å². The minimum atomic E-state index is 0.0315. The van der Waals surface area contributed by atoms with Crippen molar-refractivity contribution in [2.75, 3.05) is 18.4 Å². The summed E-state index contributed by atoms with van der Waals surface area (Å²) in [5.74, 6) is 0.647. The van der Waals surface area contributed by atoms with Crippen LogP contribution in [-0.2, 0) is 4.79 Å². The lowest BCUT2D eigenvalue weighted by Crippen LogP contribution is -2.31. The molecule has 1 aromatic carbocycles. The number of amides is 1. The summed E-state index contributed by atoms with van der Waals surface area (Å²) in [6.45, 7) is 7.37. The standard InChI is InChI=1S/C14H21BrN2O/c1-10(2)7-8-16-13(18)9-17-12-6-4-5-11(3)14(12)15/h4-6,10,17H,7-9H2,1-3H3,(H,16,18). The van der Waals surface area contributed by atoms with Gasteiger partial charge in [0.1, 0.15) is 0 Å². The molecule has 0 spiro atoms. The largest absolute Gasteiger partial charge is 0.375 e. The zero-order valence-corrected chi connectivity index (χ0v) is 12.8. The summed E-state index contributed by atoms with van der Waals surface area (Å²) in [6.07, 6.45) is 1.01. The highest BCUT2D eigenvalue weighted by Crippen LogP contribution is 2.25. The number of hydrogen-bond donors (Lipinski definition) is 2. The highest BCUT2D eigenvalue weighted by atomic mass is 79.9. The molecule has 0 unspecified atom stereocenters. The van der Waals surface area contributed by atoms with E-state index >= 15 is 0 Å². The SMILES string of the molecule is Cc1cccc(NCC(=O)NCCC(C)C)c1Br. The summed E-state index contributed by atoms with van der Waals surface area (Å²) < 4.78 is 1.01. The topological polar surface area (TPSA) is 41.1 Å². The van der Waals surface area contributed by atoms with Crippen molar-refractivity contribution in [2.45, 2.75) is 27.2 Å². The van der Waals surface area contributed by atoms with E-state index in [1.165, 1.54) is 0 Å². The fourth-order valence-corrected chi connectivity index (χ4v) is 1.93. The quantitative estimate of drug-likeness (QED) is 0.846. The average Bonchev–Trinajstić information content (AvgIpc) is 2.30. The zero-order chi connectivity index (χ0) is 13.5. The van der Waals surface area contributed by atoms with Gasteiger partial charge in [0.05, 0.1) is 6.54 Å². The molecular weight excluding hydrogens is 292 g/mol. The summed E-state index contributed by atoms with van der Waals surface area (Å²) in [7, 11) is 0. The molecule has 0 aliphatic carbocycles. The van der Waals surface area contributed by atoms with Crippen LogP contribution in [0.1, 0.15) is 25.8 Å². The van der Waals surface area contributed by atoms with E-state index in [0.29, 0.717) is 12.5 Å². The predicted octanol–water partition coefficient (Wildman–Crippen LogP) is 3.33. The van der Waals surface area contributed by atoms with Crippen molar-refractivity contribution in [3.63, 3.8) is 0 Å². The second kappa shape index (κ2) is 7.41. The van der Waals surface area contributed by atoms with Crippen molar-refractivity contribution >= 4 is 27.5 Å². The van der Waals surface area contributed by atoms with Gasteiger partial charge in [-0.2, -0.15) is 0 Å². The lowest BCUT2D eigenvalue weighted by molar-refractivity contribution is -0.119. The smallest absolute Gasteiger partial charge is 0.239 e. The summed E-state index contributed by atoms with van der Waals surface area (Å²) in [6, 6.07) is 5.95. The summed E-state index contributed by atoms with van der Waals surface area (Å²) in [4.78, 5) is 11.6. The number of carbonyl (C=O) groups excluding carboxylic acids is 1. The van der Waals surface area contributed by atoms with Gasteiger partial charge in [0.25, 0.3) is 0 Å². The minimum Gasteiger partial charge on any atom is -0.375 e. The maximum absolute atomic E-state index is 11.6. The number of halogens is 1. The Labute approximate surface area is 117 Å². The molecule has 0 atom stereocenters. The number of nitrogens with one attached hydrogen (secondary N) is 2. The van der Waals surface area contributed by atoms with Gasteiger partial charge >= 0.3 is 0 Å². The van der Waals surface area contributed by atoms with Gasteiger partial charge in [-0.3, -0.25) is 4.79 Å². The first-order chi connectivity index (χ1) is 8.50. The number of rotatable bonds is 6. The molecule has 18 heavy (non-hydrogen) atoms. The van der Waals surface area contributed by atoms with Gasteiger partial charge in [0, 0.05) is 16.7 Å². The Hall–Kier alpha value is -1.03. The van der Waals surface area contributed by atoms with Gasteiger partial charge in [-0.1, -0.05) is 26.0 Å². The van der Waals surface area contributed by atoms with Crippen molar-refractivity contribution in [1.82, 2.24) is 5.32 Å². The Morgan fingerprint density at radius 3 is 2.78 bits per heavy atom. The molecule has 1 rings (SSSR count). The first-order valence-corrected chi connectivity index (χ1v) is 7.05. The van der Waals surface area contributed by atoms with Crippen LogP contribution >= 0.6 is 15.9 Å². The lowest BCUT2D eigenvalue weighted by atomic mass is 10.1. The number of benzene rings is 1. The van der Waals surface area contributed by atoms with E-state index in [-0.39, 0.29) is 5.91 Å². The third-order valence-corrected chi connectivity index (χ3v) is 3.73. The van der Waals surface area contributed by atoms with Gasteiger partial charge in [-0.25, -0.2) is 0 Å². The van der Waals surface area contributed by atoms with E-state index in [9.17, 15) is 4.79 Å². The molecule has 3 nitrogen and oxygen atoms in total. The number of carbonyl (C=O) groups is 1. The van der Waals surface area contributed by atoms with E-state index in [0.717, 1.165) is 28.7 Å². The molecule has 0 fully saturated rings. The zero-order valence-electron chi connectivity index (χ0n) is 11.2. The van der Waals surface area contributed by atoms with Gasteiger partial charge in [0.2, 0.25) is 5.91 Å². The Kier molecular flexibility index (Phi) is 6.19. The molecule has 0 bridgehead atoms. The second-order valence-electron chi connectivity index (χ2n) is 4.82. The molecular formula is C14H21BrN2O. The van der Waals surface area contributed by atoms with E-state index in [1.807, 2.05) is 25.1 Å². The Morgan fingerprint density at radius 1 is 1.39 bits per heavy atom. The normalized spacial score (nSPS) is 10.5. The molecule has 0 saturated carbocycles. The van der Waals surface area contributed by atoms with Crippen molar-refractivity contribution in [3.8, 4) is 0 Å². The average molecular weight is 313 g/mol.